The first kappa shape index (κ1) is 24.7. The first-order chi connectivity index (χ1) is 17.1. The molecule has 0 spiro atoms. The number of amides is 2. The number of carbonyl (C=O) groups is 2. The second kappa shape index (κ2) is 11.8. The highest BCUT2D eigenvalue weighted by molar-refractivity contribution is 6.31. The third-order valence-electron chi connectivity index (χ3n) is 5.98. The average molecular weight is 494 g/mol. The van der Waals surface area contributed by atoms with Crippen LogP contribution in [0.5, 0.6) is 5.75 Å². The second-order valence-electron chi connectivity index (χ2n) is 8.12. The van der Waals surface area contributed by atoms with Crippen LogP contribution < -0.4 is 15.4 Å². The first-order valence-electron chi connectivity index (χ1n) is 11.5. The molecule has 0 saturated carbocycles. The molecule has 35 heavy (non-hydrogen) atoms. The summed E-state index contributed by atoms with van der Waals surface area (Å²) in [5, 5.41) is 6.55. The van der Waals surface area contributed by atoms with Gasteiger partial charge in [0.1, 0.15) is 5.75 Å². The predicted octanol–water partition coefficient (Wildman–Crippen LogP) is 4.40. The highest BCUT2D eigenvalue weighted by Gasteiger charge is 2.25. The van der Waals surface area contributed by atoms with E-state index >= 15 is 0 Å². The van der Waals surface area contributed by atoms with Crippen molar-refractivity contribution in [2.75, 3.05) is 45.3 Å². The summed E-state index contributed by atoms with van der Waals surface area (Å²) in [5.74, 6) is 0.0748. The molecule has 8 heteroatoms. The van der Waals surface area contributed by atoms with Gasteiger partial charge < -0.3 is 20.1 Å². The Morgan fingerprint density at radius 3 is 2.37 bits per heavy atom. The monoisotopic (exact) mass is 493 g/mol. The molecular formula is C27H28ClN3O4. The van der Waals surface area contributed by atoms with Gasteiger partial charge in [0, 0.05) is 30.2 Å². The van der Waals surface area contributed by atoms with Crippen LogP contribution >= 0.6 is 11.6 Å². The maximum atomic E-state index is 13.2. The molecule has 182 valence electrons. The molecule has 0 bridgehead atoms. The normalized spacial score (nSPS) is 14.7. The number of hydrogen-bond donors (Lipinski definition) is 2. The van der Waals surface area contributed by atoms with Crippen LogP contribution in [-0.2, 0) is 4.74 Å². The van der Waals surface area contributed by atoms with E-state index in [0.717, 1.165) is 18.7 Å². The highest BCUT2D eigenvalue weighted by atomic mass is 35.5. The number of methoxy groups -OCH3 is 1. The summed E-state index contributed by atoms with van der Waals surface area (Å²) in [6, 6.07) is 21.3. The van der Waals surface area contributed by atoms with E-state index in [9.17, 15) is 9.59 Å². The Kier molecular flexibility index (Phi) is 8.36. The number of morpholine rings is 1. The van der Waals surface area contributed by atoms with Crippen LogP contribution in [0.15, 0.2) is 72.8 Å². The van der Waals surface area contributed by atoms with Gasteiger partial charge in [-0.1, -0.05) is 41.9 Å². The quantitative estimate of drug-likeness (QED) is 0.486. The average Bonchev–Trinajstić information content (AvgIpc) is 2.90. The summed E-state index contributed by atoms with van der Waals surface area (Å²) in [4.78, 5) is 28.2. The van der Waals surface area contributed by atoms with E-state index in [-0.39, 0.29) is 17.9 Å². The minimum absolute atomic E-state index is 0.0994. The van der Waals surface area contributed by atoms with Crippen molar-refractivity contribution in [3.05, 3.63) is 94.5 Å². The lowest BCUT2D eigenvalue weighted by Crippen LogP contribution is -2.44. The summed E-state index contributed by atoms with van der Waals surface area (Å²) in [6.45, 7) is 3.13. The van der Waals surface area contributed by atoms with Gasteiger partial charge in [0.15, 0.2) is 0 Å². The molecule has 1 aliphatic heterocycles. The molecule has 0 aliphatic carbocycles. The topological polar surface area (TPSA) is 79.9 Å². The van der Waals surface area contributed by atoms with Crippen molar-refractivity contribution in [2.45, 2.75) is 6.04 Å². The standard InChI is InChI=1S/C27H28ClN3O4/c1-34-20-12-10-19(11-13-20)26(32)30-24-9-5-3-7-22(24)27(33)29-18-25(31-14-16-35-17-15-31)21-6-2-4-8-23(21)28/h2-13,25H,14-18H2,1H3,(H,29,33)(H,30,32). The van der Waals surface area contributed by atoms with Gasteiger partial charge in [0.2, 0.25) is 0 Å². The SMILES string of the molecule is COc1ccc(C(=O)Nc2ccccc2C(=O)NCC(c2ccccc2Cl)N2CCOCC2)cc1. The molecule has 7 nitrogen and oxygen atoms in total. The lowest BCUT2D eigenvalue weighted by Gasteiger charge is -2.35. The van der Waals surface area contributed by atoms with Gasteiger partial charge in [0.05, 0.1) is 37.6 Å². The van der Waals surface area contributed by atoms with Crippen molar-refractivity contribution in [1.82, 2.24) is 10.2 Å². The van der Waals surface area contributed by atoms with Crippen molar-refractivity contribution < 1.29 is 19.1 Å². The van der Waals surface area contributed by atoms with Crippen LogP contribution in [0.2, 0.25) is 5.02 Å². The number of anilines is 1. The van der Waals surface area contributed by atoms with Gasteiger partial charge in [-0.3, -0.25) is 14.5 Å². The molecule has 0 aromatic heterocycles. The molecule has 1 heterocycles. The molecule has 1 unspecified atom stereocenters. The van der Waals surface area contributed by atoms with E-state index in [0.29, 0.717) is 47.3 Å². The largest absolute Gasteiger partial charge is 0.497 e. The fourth-order valence-electron chi connectivity index (χ4n) is 4.08. The number of benzene rings is 3. The molecule has 2 N–H and O–H groups in total. The number of halogens is 1. The van der Waals surface area contributed by atoms with Crippen LogP contribution in [0.4, 0.5) is 5.69 Å². The van der Waals surface area contributed by atoms with Crippen molar-refractivity contribution >= 4 is 29.1 Å². The zero-order chi connectivity index (χ0) is 24.6. The molecule has 4 rings (SSSR count). The summed E-state index contributed by atoms with van der Waals surface area (Å²) < 4.78 is 10.6. The number of para-hydroxylation sites is 1. The number of rotatable bonds is 8. The minimum Gasteiger partial charge on any atom is -0.497 e. The van der Waals surface area contributed by atoms with Gasteiger partial charge >= 0.3 is 0 Å². The van der Waals surface area contributed by atoms with Crippen LogP contribution in [0.25, 0.3) is 0 Å². The van der Waals surface area contributed by atoms with E-state index in [2.05, 4.69) is 15.5 Å². The molecule has 2 amide bonds. The van der Waals surface area contributed by atoms with E-state index < -0.39 is 0 Å². The Hall–Kier alpha value is -3.39. The maximum absolute atomic E-state index is 13.2. The van der Waals surface area contributed by atoms with E-state index in [4.69, 9.17) is 21.1 Å². The van der Waals surface area contributed by atoms with Crippen molar-refractivity contribution in [3.63, 3.8) is 0 Å². The van der Waals surface area contributed by atoms with E-state index in [1.165, 1.54) is 0 Å². The summed E-state index contributed by atoms with van der Waals surface area (Å²) in [6.07, 6.45) is 0. The zero-order valence-corrected chi connectivity index (χ0v) is 20.3. The molecule has 1 saturated heterocycles. The molecule has 1 fully saturated rings. The number of nitrogens with zero attached hydrogens (tertiary/aromatic N) is 1. The smallest absolute Gasteiger partial charge is 0.255 e. The molecule has 0 radical (unpaired) electrons. The Morgan fingerprint density at radius 2 is 1.66 bits per heavy atom. The van der Waals surface area contributed by atoms with Gasteiger partial charge in [-0.05, 0) is 48.0 Å². The molecule has 3 aromatic carbocycles. The molecular weight excluding hydrogens is 466 g/mol. The van der Waals surface area contributed by atoms with Crippen LogP contribution in [0.3, 0.4) is 0 Å². The summed E-state index contributed by atoms with van der Waals surface area (Å²) >= 11 is 6.50. The van der Waals surface area contributed by atoms with Gasteiger partial charge in [0.25, 0.3) is 11.8 Å². The third-order valence-corrected chi connectivity index (χ3v) is 6.32. The molecule has 1 aliphatic rings. The summed E-state index contributed by atoms with van der Waals surface area (Å²) in [5.41, 5.74) is 2.24. The third kappa shape index (κ3) is 6.19. The van der Waals surface area contributed by atoms with Crippen molar-refractivity contribution in [2.24, 2.45) is 0 Å². The van der Waals surface area contributed by atoms with Gasteiger partial charge in [-0.15, -0.1) is 0 Å². The predicted molar refractivity (Wildman–Crippen MR) is 136 cm³/mol. The first-order valence-corrected chi connectivity index (χ1v) is 11.8. The Morgan fingerprint density at radius 1 is 0.971 bits per heavy atom. The number of nitrogens with one attached hydrogen (secondary N) is 2. The van der Waals surface area contributed by atoms with Crippen molar-refractivity contribution in [1.29, 1.82) is 0 Å². The number of ether oxygens (including phenoxy) is 2. The number of hydrogen-bond acceptors (Lipinski definition) is 5. The van der Waals surface area contributed by atoms with Gasteiger partial charge in [-0.2, -0.15) is 0 Å². The highest BCUT2D eigenvalue weighted by Crippen LogP contribution is 2.28. The summed E-state index contributed by atoms with van der Waals surface area (Å²) in [7, 11) is 1.57. The van der Waals surface area contributed by atoms with E-state index in [1.807, 2.05) is 24.3 Å². The van der Waals surface area contributed by atoms with Gasteiger partial charge in [-0.25, -0.2) is 0 Å². The molecule has 1 atom stereocenters. The lowest BCUT2D eigenvalue weighted by molar-refractivity contribution is 0.0162. The number of carbonyl (C=O) groups excluding carboxylic acids is 2. The zero-order valence-electron chi connectivity index (χ0n) is 19.5. The fourth-order valence-corrected chi connectivity index (χ4v) is 4.34. The Bertz CT molecular complexity index is 1160. The molecule has 3 aromatic rings. The van der Waals surface area contributed by atoms with Crippen LogP contribution in [0, 0.1) is 0 Å². The second-order valence-corrected chi connectivity index (χ2v) is 8.53. The lowest BCUT2D eigenvalue weighted by atomic mass is 10.0. The van der Waals surface area contributed by atoms with Crippen LogP contribution in [-0.4, -0.2) is 56.7 Å². The van der Waals surface area contributed by atoms with Crippen molar-refractivity contribution in [3.8, 4) is 5.75 Å². The Balaban J connectivity index is 1.49. The fraction of sp³-hybridized carbons (Fsp3) is 0.259. The van der Waals surface area contributed by atoms with E-state index in [1.54, 1.807) is 55.6 Å². The van der Waals surface area contributed by atoms with Crippen LogP contribution in [0.1, 0.15) is 32.3 Å². The maximum Gasteiger partial charge on any atom is 0.255 e. The Labute approximate surface area is 210 Å². The minimum atomic E-state index is -0.310.